The Morgan fingerprint density at radius 1 is 1.31 bits per heavy atom. The summed E-state index contributed by atoms with van der Waals surface area (Å²) < 4.78 is 48.7. The number of H-pyrrole nitrogens is 1. The van der Waals surface area contributed by atoms with Crippen LogP contribution < -0.4 is 15.8 Å². The highest BCUT2D eigenvalue weighted by molar-refractivity contribution is 6.42. The van der Waals surface area contributed by atoms with Gasteiger partial charge in [-0.25, -0.2) is 4.79 Å². The van der Waals surface area contributed by atoms with Crippen LogP contribution in [0, 0.1) is 0 Å². The van der Waals surface area contributed by atoms with Gasteiger partial charge in [-0.05, 0) is 25.0 Å². The summed E-state index contributed by atoms with van der Waals surface area (Å²) in [5, 5.41) is 13.1. The maximum absolute atomic E-state index is 12.8. The fourth-order valence-electron chi connectivity index (χ4n) is 3.29. The summed E-state index contributed by atoms with van der Waals surface area (Å²) >= 11 is 11.9. The number of hydrogen-bond acceptors (Lipinski definition) is 6. The largest absolute Gasteiger partial charge is 0.490 e. The first-order valence-electron chi connectivity index (χ1n) is 9.63. The van der Waals surface area contributed by atoms with Crippen LogP contribution in [0.25, 0.3) is 0 Å². The summed E-state index contributed by atoms with van der Waals surface area (Å²) in [5.74, 6) is -3.21. The van der Waals surface area contributed by atoms with Crippen LogP contribution >= 0.6 is 23.2 Å². The molecule has 0 saturated carbocycles. The normalized spacial score (nSPS) is 16.7. The molecule has 0 unspecified atom stereocenters. The van der Waals surface area contributed by atoms with Gasteiger partial charge in [0.15, 0.2) is 5.69 Å². The number of β-amino-alcohol motifs (C(OH)–C–C–N with tert-alkyl or cyclic N) is 1. The van der Waals surface area contributed by atoms with Crippen LogP contribution in [-0.4, -0.2) is 59.3 Å². The van der Waals surface area contributed by atoms with Crippen molar-refractivity contribution in [1.82, 2.24) is 15.2 Å². The minimum atomic E-state index is -4.96. The Hall–Kier alpha value is -2.21. The number of likely N-dealkylation sites (tertiary alicyclic amines) is 1. The van der Waals surface area contributed by atoms with Gasteiger partial charge in [0.2, 0.25) is 5.76 Å². The first-order chi connectivity index (χ1) is 15.0. The third kappa shape index (κ3) is 6.41. The highest BCUT2D eigenvalue weighted by Crippen LogP contribution is 2.30. The van der Waals surface area contributed by atoms with Gasteiger partial charge in [-0.2, -0.15) is 13.2 Å². The number of aromatic amines is 1. The van der Waals surface area contributed by atoms with Crippen LogP contribution in [0.2, 0.25) is 10.0 Å². The zero-order valence-corrected chi connectivity index (χ0v) is 18.1. The fourth-order valence-corrected chi connectivity index (χ4v) is 3.58. The van der Waals surface area contributed by atoms with E-state index in [-0.39, 0.29) is 19.2 Å². The monoisotopic (exact) mass is 497 g/mol. The second-order valence-corrected chi connectivity index (χ2v) is 8.09. The zero-order chi connectivity index (χ0) is 23.5. The van der Waals surface area contributed by atoms with Gasteiger partial charge in [0.05, 0.1) is 16.1 Å². The highest BCUT2D eigenvalue weighted by atomic mass is 35.5. The van der Waals surface area contributed by atoms with Crippen molar-refractivity contribution in [2.24, 2.45) is 0 Å². The third-order valence-electron chi connectivity index (χ3n) is 4.83. The van der Waals surface area contributed by atoms with Crippen molar-refractivity contribution in [2.45, 2.75) is 31.2 Å². The summed E-state index contributed by atoms with van der Waals surface area (Å²) in [5.41, 5.74) is -1.57. The van der Waals surface area contributed by atoms with E-state index in [9.17, 15) is 27.9 Å². The summed E-state index contributed by atoms with van der Waals surface area (Å²) in [7, 11) is 0. The number of halogens is 5. The Labute approximate surface area is 190 Å². The van der Waals surface area contributed by atoms with Crippen LogP contribution in [-0.2, 0) is 6.18 Å². The molecule has 32 heavy (non-hydrogen) atoms. The average molecular weight is 498 g/mol. The number of carbonyl (C=O) groups is 1. The molecular formula is C19H20Cl2F3N3O5. The molecule has 1 aromatic carbocycles. The molecule has 1 atom stereocenters. The molecular weight excluding hydrogens is 478 g/mol. The number of rotatable bonds is 7. The molecule has 8 nitrogen and oxygen atoms in total. The van der Waals surface area contributed by atoms with E-state index in [1.54, 1.807) is 18.2 Å². The molecule has 3 rings (SSSR count). The Balaban J connectivity index is 1.43. The van der Waals surface area contributed by atoms with E-state index in [2.05, 4.69) is 9.73 Å². The Morgan fingerprint density at radius 3 is 2.62 bits per heavy atom. The van der Waals surface area contributed by atoms with Crippen LogP contribution in [0.5, 0.6) is 5.75 Å². The first kappa shape index (κ1) is 24.4. The van der Waals surface area contributed by atoms with Crippen LogP contribution in [0.4, 0.5) is 13.2 Å². The number of aliphatic hydroxyl groups excluding tert-OH is 1. The van der Waals surface area contributed by atoms with Crippen molar-refractivity contribution in [3.8, 4) is 5.75 Å². The standard InChI is InChI=1S/C19H20Cl2F3N3O5/c20-13-2-1-12(7-14(13)21)31-11-3-5-27(6-4-11)9-10(28)8-25-17(29)15-16(19(22,23)24)26-18(30)32-15/h1-2,7,10-11,28H,3-6,8-9H2,(H,25,29)(H,26,30)/t10-/m1/s1. The number of piperidine rings is 1. The Morgan fingerprint density at radius 2 is 2.00 bits per heavy atom. The van der Waals surface area contributed by atoms with E-state index in [0.29, 0.717) is 41.7 Å². The smallest absolute Gasteiger partial charge is 0.435 e. The van der Waals surface area contributed by atoms with Gasteiger partial charge < -0.3 is 24.5 Å². The van der Waals surface area contributed by atoms with Crippen LogP contribution in [0.15, 0.2) is 27.4 Å². The molecule has 1 aliphatic heterocycles. The van der Waals surface area contributed by atoms with E-state index in [1.807, 2.05) is 4.90 Å². The van der Waals surface area contributed by atoms with E-state index < -0.39 is 35.4 Å². The predicted molar refractivity (Wildman–Crippen MR) is 109 cm³/mol. The predicted octanol–water partition coefficient (Wildman–Crippen LogP) is 2.93. The average Bonchev–Trinajstić information content (AvgIpc) is 3.13. The minimum absolute atomic E-state index is 0.0439. The number of alkyl halides is 3. The van der Waals surface area contributed by atoms with Crippen LogP contribution in [0.3, 0.4) is 0 Å². The molecule has 2 aromatic rings. The molecule has 1 aliphatic rings. The first-order valence-corrected chi connectivity index (χ1v) is 10.4. The van der Waals surface area contributed by atoms with Crippen LogP contribution in [0.1, 0.15) is 29.1 Å². The topological polar surface area (TPSA) is 108 Å². The third-order valence-corrected chi connectivity index (χ3v) is 5.57. The second-order valence-electron chi connectivity index (χ2n) is 7.27. The van der Waals surface area contributed by atoms with Crippen molar-refractivity contribution < 1.29 is 32.2 Å². The number of ether oxygens (including phenoxy) is 1. The molecule has 176 valence electrons. The molecule has 1 amide bonds. The number of amides is 1. The molecule has 1 fully saturated rings. The zero-order valence-electron chi connectivity index (χ0n) is 16.5. The van der Waals surface area contributed by atoms with Gasteiger partial charge in [-0.15, -0.1) is 0 Å². The molecule has 0 bridgehead atoms. The molecule has 3 N–H and O–H groups in total. The maximum atomic E-state index is 12.8. The number of benzene rings is 1. The quantitative estimate of drug-likeness (QED) is 0.542. The molecule has 0 spiro atoms. The molecule has 1 saturated heterocycles. The van der Waals surface area contributed by atoms with Gasteiger partial charge >= 0.3 is 11.9 Å². The highest BCUT2D eigenvalue weighted by Gasteiger charge is 2.40. The Bertz CT molecular complexity index is 1000. The summed E-state index contributed by atoms with van der Waals surface area (Å²) in [6.45, 7) is 1.11. The Kier molecular flexibility index (Phi) is 7.75. The number of nitrogens with zero attached hydrogens (tertiary/aromatic N) is 1. The van der Waals surface area contributed by atoms with Gasteiger partial charge in [0.1, 0.15) is 11.9 Å². The number of aromatic nitrogens is 1. The minimum Gasteiger partial charge on any atom is -0.490 e. The molecule has 13 heteroatoms. The lowest BCUT2D eigenvalue weighted by molar-refractivity contribution is -0.141. The number of aliphatic hydroxyl groups is 1. The van der Waals surface area contributed by atoms with Crippen molar-refractivity contribution in [2.75, 3.05) is 26.2 Å². The summed E-state index contributed by atoms with van der Waals surface area (Å²) in [6.07, 6.45) is -4.67. The lowest BCUT2D eigenvalue weighted by Gasteiger charge is -2.33. The number of hydrogen-bond donors (Lipinski definition) is 3. The maximum Gasteiger partial charge on any atom is 0.435 e. The van der Waals surface area contributed by atoms with Gasteiger partial charge in [0.25, 0.3) is 5.91 Å². The SMILES string of the molecule is O=C(NC[C@@H](O)CN1CCC(Oc2ccc(Cl)c(Cl)c2)CC1)c1oc(=O)[nH]c1C(F)(F)F. The van der Waals surface area contributed by atoms with Crippen molar-refractivity contribution >= 4 is 29.1 Å². The molecule has 0 radical (unpaired) electrons. The lowest BCUT2D eigenvalue weighted by atomic mass is 10.1. The number of oxazole rings is 1. The molecule has 2 heterocycles. The summed E-state index contributed by atoms with van der Waals surface area (Å²) in [4.78, 5) is 26.4. The van der Waals surface area contributed by atoms with E-state index in [0.717, 1.165) is 0 Å². The number of nitrogens with one attached hydrogen (secondary N) is 2. The van der Waals surface area contributed by atoms with Gasteiger partial charge in [-0.3, -0.25) is 9.78 Å². The van der Waals surface area contributed by atoms with E-state index in [4.69, 9.17) is 27.9 Å². The van der Waals surface area contributed by atoms with Crippen molar-refractivity contribution in [1.29, 1.82) is 0 Å². The van der Waals surface area contributed by atoms with Gasteiger partial charge in [0, 0.05) is 32.2 Å². The number of carbonyl (C=O) groups excluding carboxylic acids is 1. The molecule has 0 aliphatic carbocycles. The van der Waals surface area contributed by atoms with Gasteiger partial charge in [-0.1, -0.05) is 23.2 Å². The van der Waals surface area contributed by atoms with Crippen molar-refractivity contribution in [3.05, 3.63) is 50.2 Å². The van der Waals surface area contributed by atoms with E-state index in [1.165, 1.54) is 4.98 Å². The summed E-state index contributed by atoms with van der Waals surface area (Å²) in [6, 6.07) is 5.01. The fraction of sp³-hybridized carbons (Fsp3) is 0.474. The van der Waals surface area contributed by atoms with Crippen molar-refractivity contribution in [3.63, 3.8) is 0 Å². The van der Waals surface area contributed by atoms with E-state index >= 15 is 0 Å². The lowest BCUT2D eigenvalue weighted by Crippen LogP contribution is -2.45. The second kappa shape index (κ2) is 10.2. The molecule has 1 aromatic heterocycles.